The number of hydrogen-bond acceptors (Lipinski definition) is 4. The lowest BCUT2D eigenvalue weighted by Crippen LogP contribution is -2.11. The van der Waals surface area contributed by atoms with Crippen LogP contribution < -0.4 is 5.32 Å². The zero-order valence-electron chi connectivity index (χ0n) is 16.6. The van der Waals surface area contributed by atoms with Gasteiger partial charge in [-0.05, 0) is 67.1 Å². The van der Waals surface area contributed by atoms with E-state index in [1.807, 2.05) is 55.5 Å². The minimum absolute atomic E-state index is 0.245. The van der Waals surface area contributed by atoms with E-state index >= 15 is 0 Å². The summed E-state index contributed by atoms with van der Waals surface area (Å²) in [5.74, 6) is 0.557. The second kappa shape index (κ2) is 8.02. The first-order valence-electron chi connectivity index (χ1n) is 9.70. The molecule has 31 heavy (non-hydrogen) atoms. The molecule has 0 saturated carbocycles. The van der Waals surface area contributed by atoms with Crippen molar-refractivity contribution in [1.82, 2.24) is 4.98 Å². The van der Waals surface area contributed by atoms with Crippen molar-refractivity contribution in [3.8, 4) is 21.9 Å². The number of aromatic nitrogens is 1. The maximum atomic E-state index is 12.8. The zero-order chi connectivity index (χ0) is 21.4. The molecule has 0 spiro atoms. The van der Waals surface area contributed by atoms with Crippen LogP contribution in [0.25, 0.3) is 32.1 Å². The van der Waals surface area contributed by atoms with Gasteiger partial charge in [0.05, 0.1) is 10.2 Å². The summed E-state index contributed by atoms with van der Waals surface area (Å²) < 4.78 is 6.91. The number of hydrogen-bond donors (Lipinski definition) is 1. The van der Waals surface area contributed by atoms with Crippen molar-refractivity contribution in [1.29, 1.82) is 0 Å². The molecule has 152 valence electrons. The molecule has 0 atom stereocenters. The van der Waals surface area contributed by atoms with Gasteiger partial charge in [-0.15, -0.1) is 11.3 Å². The minimum atomic E-state index is -0.301. The Kier molecular flexibility index (Phi) is 5.06. The molecule has 0 aliphatic rings. The summed E-state index contributed by atoms with van der Waals surface area (Å²) in [6.45, 7) is 1.96. The van der Waals surface area contributed by atoms with Gasteiger partial charge in [0.2, 0.25) is 0 Å². The molecule has 6 heteroatoms. The van der Waals surface area contributed by atoms with Crippen LogP contribution in [0.4, 0.5) is 5.69 Å². The molecule has 0 radical (unpaired) electrons. The lowest BCUT2D eigenvalue weighted by molar-refractivity contribution is 0.0997. The summed E-state index contributed by atoms with van der Waals surface area (Å²) >= 11 is 7.57. The molecule has 5 rings (SSSR count). The van der Waals surface area contributed by atoms with Crippen LogP contribution in [0.2, 0.25) is 5.02 Å². The first-order chi connectivity index (χ1) is 15.1. The Morgan fingerprint density at radius 2 is 1.74 bits per heavy atom. The van der Waals surface area contributed by atoms with Crippen molar-refractivity contribution in [3.05, 3.63) is 95.2 Å². The molecule has 0 saturated heterocycles. The Morgan fingerprint density at radius 3 is 2.55 bits per heavy atom. The molecule has 1 amide bonds. The molecule has 2 aromatic heterocycles. The number of halogens is 1. The third kappa shape index (κ3) is 3.98. The van der Waals surface area contributed by atoms with Crippen molar-refractivity contribution >= 4 is 44.7 Å². The number of carbonyl (C=O) groups excluding carboxylic acids is 1. The maximum absolute atomic E-state index is 12.8. The number of rotatable bonds is 4. The lowest BCUT2D eigenvalue weighted by atomic mass is 10.1. The number of carbonyl (C=O) groups is 1. The van der Waals surface area contributed by atoms with E-state index in [0.29, 0.717) is 10.8 Å². The van der Waals surface area contributed by atoms with Gasteiger partial charge in [-0.2, -0.15) is 0 Å². The number of fused-ring (bicyclic) bond motifs is 1. The van der Waals surface area contributed by atoms with Crippen molar-refractivity contribution in [2.45, 2.75) is 6.92 Å². The molecule has 0 unspecified atom stereocenters. The van der Waals surface area contributed by atoms with E-state index in [1.54, 1.807) is 35.6 Å². The fourth-order valence-electron chi connectivity index (χ4n) is 3.30. The summed E-state index contributed by atoms with van der Waals surface area (Å²) in [4.78, 5) is 17.5. The average Bonchev–Trinajstić information content (AvgIpc) is 3.43. The first kappa shape index (κ1) is 19.5. The smallest absolute Gasteiger partial charge is 0.291 e. The predicted octanol–water partition coefficient (Wildman–Crippen LogP) is 7.44. The summed E-state index contributed by atoms with van der Waals surface area (Å²) in [7, 11) is 0. The molecule has 0 aliphatic carbocycles. The van der Waals surface area contributed by atoms with Gasteiger partial charge in [-0.1, -0.05) is 35.9 Å². The fraction of sp³-hybridized carbons (Fsp3) is 0.0400. The summed E-state index contributed by atoms with van der Waals surface area (Å²) in [5, 5.41) is 4.53. The number of amides is 1. The van der Waals surface area contributed by atoms with Crippen LogP contribution in [0, 0.1) is 6.92 Å². The van der Waals surface area contributed by atoms with Gasteiger partial charge in [0, 0.05) is 21.8 Å². The van der Waals surface area contributed by atoms with Gasteiger partial charge >= 0.3 is 0 Å². The van der Waals surface area contributed by atoms with Crippen LogP contribution in [0.1, 0.15) is 16.1 Å². The molecule has 3 aromatic carbocycles. The number of aryl methyl sites for hydroxylation is 1. The molecule has 5 aromatic rings. The quantitative estimate of drug-likeness (QED) is 0.313. The third-order valence-electron chi connectivity index (χ3n) is 4.99. The molecule has 0 fully saturated rings. The number of benzene rings is 3. The van der Waals surface area contributed by atoms with E-state index in [1.165, 1.54) is 0 Å². The largest absolute Gasteiger partial charge is 0.451 e. The highest BCUT2D eigenvalue weighted by molar-refractivity contribution is 7.21. The normalized spacial score (nSPS) is 11.0. The van der Waals surface area contributed by atoms with Gasteiger partial charge < -0.3 is 9.73 Å². The van der Waals surface area contributed by atoms with Crippen molar-refractivity contribution in [2.24, 2.45) is 0 Å². The first-order valence-corrected chi connectivity index (χ1v) is 10.9. The Labute approximate surface area is 188 Å². The Hall–Kier alpha value is -3.41. The van der Waals surface area contributed by atoms with E-state index in [0.717, 1.165) is 37.6 Å². The number of para-hydroxylation sites is 1. The monoisotopic (exact) mass is 444 g/mol. The molecule has 0 aliphatic heterocycles. The SMILES string of the molecule is Cc1ccc(-c2nc3ccccc3s2)cc1NC(=O)c1ccc(-c2ccc(Cl)cc2)o1. The summed E-state index contributed by atoms with van der Waals surface area (Å²) in [5.41, 5.74) is 4.48. The van der Waals surface area contributed by atoms with Gasteiger partial charge in [-0.25, -0.2) is 4.98 Å². The summed E-state index contributed by atoms with van der Waals surface area (Å²) in [6, 6.07) is 24.7. The predicted molar refractivity (Wildman–Crippen MR) is 127 cm³/mol. The van der Waals surface area contributed by atoms with E-state index < -0.39 is 0 Å². The molecule has 4 nitrogen and oxygen atoms in total. The maximum Gasteiger partial charge on any atom is 0.291 e. The van der Waals surface area contributed by atoms with Gasteiger partial charge in [0.1, 0.15) is 10.8 Å². The molecular formula is C25H17ClN2O2S. The number of nitrogens with zero attached hydrogens (tertiary/aromatic N) is 1. The highest BCUT2D eigenvalue weighted by Gasteiger charge is 2.15. The number of nitrogens with one attached hydrogen (secondary N) is 1. The second-order valence-corrected chi connectivity index (χ2v) is 8.61. The highest BCUT2D eigenvalue weighted by Crippen LogP contribution is 2.32. The van der Waals surface area contributed by atoms with Crippen molar-refractivity contribution < 1.29 is 9.21 Å². The standard InChI is InChI=1S/C25H17ClN2O2S/c1-15-6-7-17(25-28-19-4-2-3-5-23(19)31-25)14-20(15)27-24(29)22-13-12-21(30-22)16-8-10-18(26)11-9-16/h2-14H,1H3,(H,27,29). The van der Waals surface area contributed by atoms with Crippen LogP contribution in [-0.4, -0.2) is 10.9 Å². The number of thiazole rings is 1. The zero-order valence-corrected chi connectivity index (χ0v) is 18.1. The molecule has 1 N–H and O–H groups in total. The van der Waals surface area contributed by atoms with E-state index in [9.17, 15) is 4.79 Å². The van der Waals surface area contributed by atoms with Crippen LogP contribution in [-0.2, 0) is 0 Å². The number of anilines is 1. The Balaban J connectivity index is 1.40. The molecule has 0 bridgehead atoms. The van der Waals surface area contributed by atoms with Crippen LogP contribution >= 0.6 is 22.9 Å². The van der Waals surface area contributed by atoms with Gasteiger partial charge in [0.15, 0.2) is 5.76 Å². The Bertz CT molecular complexity index is 1370. The fourth-order valence-corrected chi connectivity index (χ4v) is 4.39. The minimum Gasteiger partial charge on any atom is -0.451 e. The second-order valence-electron chi connectivity index (χ2n) is 7.14. The van der Waals surface area contributed by atoms with Gasteiger partial charge in [0.25, 0.3) is 5.91 Å². The average molecular weight is 445 g/mol. The van der Waals surface area contributed by atoms with Crippen LogP contribution in [0.15, 0.2) is 83.3 Å². The van der Waals surface area contributed by atoms with Gasteiger partial charge in [-0.3, -0.25) is 4.79 Å². The lowest BCUT2D eigenvalue weighted by Gasteiger charge is -2.09. The topological polar surface area (TPSA) is 55.1 Å². The van der Waals surface area contributed by atoms with Crippen LogP contribution in [0.3, 0.4) is 0 Å². The van der Waals surface area contributed by atoms with E-state index in [-0.39, 0.29) is 11.7 Å². The van der Waals surface area contributed by atoms with Crippen molar-refractivity contribution in [2.75, 3.05) is 5.32 Å². The molecule has 2 heterocycles. The van der Waals surface area contributed by atoms with E-state index in [4.69, 9.17) is 21.0 Å². The van der Waals surface area contributed by atoms with E-state index in [2.05, 4.69) is 11.4 Å². The highest BCUT2D eigenvalue weighted by atomic mass is 35.5. The van der Waals surface area contributed by atoms with Crippen molar-refractivity contribution in [3.63, 3.8) is 0 Å². The third-order valence-corrected chi connectivity index (χ3v) is 6.32. The number of furan rings is 1. The Morgan fingerprint density at radius 1 is 0.968 bits per heavy atom. The van der Waals surface area contributed by atoms with Crippen LogP contribution in [0.5, 0.6) is 0 Å². The molecular weight excluding hydrogens is 428 g/mol. The summed E-state index contributed by atoms with van der Waals surface area (Å²) in [6.07, 6.45) is 0.